The molecular formula is C38H47N3O9. The van der Waals surface area contributed by atoms with Gasteiger partial charge in [0.1, 0.15) is 31.3 Å². The Morgan fingerprint density at radius 2 is 0.940 bits per heavy atom. The van der Waals surface area contributed by atoms with E-state index in [1.54, 1.807) is 72.8 Å². The summed E-state index contributed by atoms with van der Waals surface area (Å²) < 4.78 is 10.4. The molecule has 12 heteroatoms. The maximum absolute atomic E-state index is 13.7. The molecule has 0 bridgehead atoms. The molecule has 3 aromatic carbocycles. The van der Waals surface area contributed by atoms with Gasteiger partial charge < -0.3 is 30.9 Å². The minimum absolute atomic E-state index is 0. The Morgan fingerprint density at radius 1 is 0.540 bits per heavy atom. The van der Waals surface area contributed by atoms with Crippen LogP contribution in [-0.2, 0) is 53.1 Å². The first kappa shape index (κ1) is 40.8. The number of hydrogen-bond acceptors (Lipinski definition) is 8. The largest absolute Gasteiger partial charge is 0.455 e. The third kappa shape index (κ3) is 14.0. The van der Waals surface area contributed by atoms with Gasteiger partial charge in [-0.1, -0.05) is 119 Å². The van der Waals surface area contributed by atoms with E-state index in [2.05, 4.69) is 16.0 Å². The monoisotopic (exact) mass is 689 g/mol. The third-order valence-electron chi connectivity index (χ3n) is 7.41. The van der Waals surface area contributed by atoms with Gasteiger partial charge in [0.05, 0.1) is 0 Å². The van der Waals surface area contributed by atoms with Gasteiger partial charge in [-0.25, -0.2) is 9.59 Å². The summed E-state index contributed by atoms with van der Waals surface area (Å²) in [5.74, 6) is -5.30. The summed E-state index contributed by atoms with van der Waals surface area (Å²) in [6.45, 7) is 7.29. The van der Waals surface area contributed by atoms with Crippen LogP contribution in [0.2, 0.25) is 0 Å². The van der Waals surface area contributed by atoms with Crippen molar-refractivity contribution < 1.29 is 43.7 Å². The van der Waals surface area contributed by atoms with Crippen molar-refractivity contribution in [1.82, 2.24) is 16.0 Å². The van der Waals surface area contributed by atoms with Gasteiger partial charge in [0.2, 0.25) is 17.6 Å². The Balaban J connectivity index is 0.00000867. The van der Waals surface area contributed by atoms with E-state index < -0.39 is 53.6 Å². The molecule has 50 heavy (non-hydrogen) atoms. The van der Waals surface area contributed by atoms with Crippen LogP contribution in [0.1, 0.15) is 57.2 Å². The highest BCUT2D eigenvalue weighted by molar-refractivity contribution is 6.63. The van der Waals surface area contributed by atoms with E-state index in [9.17, 15) is 28.8 Å². The van der Waals surface area contributed by atoms with E-state index in [0.717, 1.165) is 5.56 Å². The van der Waals surface area contributed by atoms with E-state index in [-0.39, 0.29) is 49.8 Å². The summed E-state index contributed by atoms with van der Waals surface area (Å²) in [6.07, 6.45) is -0.433. The summed E-state index contributed by atoms with van der Waals surface area (Å²) in [7, 11) is 0. The van der Waals surface area contributed by atoms with Gasteiger partial charge >= 0.3 is 17.8 Å². The fourth-order valence-corrected chi connectivity index (χ4v) is 4.96. The van der Waals surface area contributed by atoms with E-state index in [1.165, 1.54) is 0 Å². The van der Waals surface area contributed by atoms with Crippen molar-refractivity contribution in [2.75, 3.05) is 0 Å². The topological polar surface area (TPSA) is 188 Å². The molecule has 0 heterocycles. The van der Waals surface area contributed by atoms with Crippen molar-refractivity contribution in [3.05, 3.63) is 108 Å². The second kappa shape index (κ2) is 20.9. The minimum atomic E-state index is -1.42. The molecule has 0 radical (unpaired) electrons. The van der Waals surface area contributed by atoms with Gasteiger partial charge in [-0.3, -0.25) is 19.2 Å². The average molecular weight is 690 g/mol. The van der Waals surface area contributed by atoms with Crippen molar-refractivity contribution >= 4 is 35.4 Å². The second-order valence-electron chi connectivity index (χ2n) is 12.6. The summed E-state index contributed by atoms with van der Waals surface area (Å²) >= 11 is 0. The Bertz CT molecular complexity index is 1550. The Morgan fingerprint density at radius 3 is 1.40 bits per heavy atom. The molecular weight excluding hydrogens is 642 g/mol. The average Bonchev–Trinajstić information content (AvgIpc) is 3.09. The molecule has 12 nitrogen and oxygen atoms in total. The number of benzene rings is 3. The van der Waals surface area contributed by atoms with Crippen LogP contribution in [0.25, 0.3) is 0 Å². The molecule has 3 aromatic rings. The van der Waals surface area contributed by atoms with E-state index in [4.69, 9.17) is 9.47 Å². The highest BCUT2D eigenvalue weighted by atomic mass is 16.5. The first-order chi connectivity index (χ1) is 23.4. The van der Waals surface area contributed by atoms with Crippen LogP contribution in [0.5, 0.6) is 0 Å². The fourth-order valence-electron chi connectivity index (χ4n) is 4.96. The minimum Gasteiger partial charge on any atom is -0.455 e. The van der Waals surface area contributed by atoms with Crippen molar-refractivity contribution in [2.24, 2.45) is 11.8 Å². The van der Waals surface area contributed by atoms with Crippen LogP contribution in [0.4, 0.5) is 4.79 Å². The van der Waals surface area contributed by atoms with Crippen LogP contribution < -0.4 is 16.0 Å². The van der Waals surface area contributed by atoms with Crippen molar-refractivity contribution in [3.8, 4) is 0 Å². The van der Waals surface area contributed by atoms with Crippen molar-refractivity contribution in [2.45, 2.75) is 78.3 Å². The van der Waals surface area contributed by atoms with E-state index in [1.807, 2.05) is 45.9 Å². The number of alkyl carbamates (subject to hydrolysis) is 1. The van der Waals surface area contributed by atoms with Crippen molar-refractivity contribution in [3.63, 3.8) is 0 Å². The van der Waals surface area contributed by atoms with Gasteiger partial charge in [-0.2, -0.15) is 0 Å². The van der Waals surface area contributed by atoms with Crippen LogP contribution >= 0.6 is 0 Å². The molecule has 3 amide bonds. The van der Waals surface area contributed by atoms with Gasteiger partial charge in [-0.15, -0.1) is 0 Å². The molecule has 5 N–H and O–H groups in total. The summed E-state index contributed by atoms with van der Waals surface area (Å²) in [4.78, 5) is 78.9. The van der Waals surface area contributed by atoms with Crippen molar-refractivity contribution in [1.29, 1.82) is 0 Å². The highest BCUT2D eigenvalue weighted by Gasteiger charge is 2.35. The molecule has 3 rings (SSSR count). The summed E-state index contributed by atoms with van der Waals surface area (Å²) in [6, 6.07) is 22.9. The number of amides is 3. The number of nitrogens with one attached hydrogen (secondary N) is 3. The normalized spacial score (nSPS) is 12.4. The zero-order valence-corrected chi connectivity index (χ0v) is 28.8. The standard InChI is InChI=1S/C38H45N3O8.H2O/c1-25(2)20-31(40-36(45)32(21-26(3)4)41-38(47)49-24-29-18-12-7-13-19-29)35(44)39-30(22-27-14-8-5-9-15-27)33(42)34(43)37(46)48-23-28-16-10-6-11-17-28;/h5-19,25-26,30-32H,20-24H2,1-4H3,(H,39,44)(H,40,45)(H,41,47);1H2. The zero-order chi connectivity index (χ0) is 35.8. The first-order valence-corrected chi connectivity index (χ1v) is 16.3. The van der Waals surface area contributed by atoms with Gasteiger partial charge in [-0.05, 0) is 41.4 Å². The molecule has 0 spiro atoms. The molecule has 0 aliphatic carbocycles. The lowest BCUT2D eigenvalue weighted by Gasteiger charge is -2.26. The molecule has 0 aliphatic rings. The number of ether oxygens (including phenoxy) is 2. The SMILES string of the molecule is CC(C)CC(NC(=O)OCc1ccccc1)C(=O)NC(CC(C)C)C(=O)NC(Cc1ccccc1)C(=O)C(=O)C(=O)OCc1ccccc1.O. The second-order valence-corrected chi connectivity index (χ2v) is 12.6. The smallest absolute Gasteiger partial charge is 0.408 e. The van der Waals surface area contributed by atoms with Gasteiger partial charge in [0.25, 0.3) is 0 Å². The first-order valence-electron chi connectivity index (χ1n) is 16.3. The third-order valence-corrected chi connectivity index (χ3v) is 7.41. The molecule has 0 fully saturated rings. The fraction of sp³-hybridized carbons (Fsp3) is 0.368. The van der Waals surface area contributed by atoms with Gasteiger partial charge in [0, 0.05) is 6.42 Å². The molecule has 3 atom stereocenters. The van der Waals surface area contributed by atoms with Crippen LogP contribution in [0.15, 0.2) is 91.0 Å². The predicted octanol–water partition coefficient (Wildman–Crippen LogP) is 3.64. The number of carbonyl (C=O) groups is 6. The lowest BCUT2D eigenvalue weighted by atomic mass is 9.97. The number of Topliss-reactive ketones (excluding diaryl/α,β-unsaturated/α-hetero) is 2. The van der Waals surface area contributed by atoms with E-state index >= 15 is 0 Å². The lowest BCUT2D eigenvalue weighted by molar-refractivity contribution is -0.158. The number of esters is 1. The molecule has 0 saturated carbocycles. The molecule has 0 saturated heterocycles. The summed E-state index contributed by atoms with van der Waals surface area (Å²) in [5.41, 5.74) is 2.04. The Labute approximate surface area is 292 Å². The maximum Gasteiger partial charge on any atom is 0.408 e. The number of carbonyl (C=O) groups excluding carboxylic acids is 6. The predicted molar refractivity (Wildman–Crippen MR) is 186 cm³/mol. The van der Waals surface area contributed by atoms with Gasteiger partial charge in [0.15, 0.2) is 0 Å². The lowest BCUT2D eigenvalue weighted by Crippen LogP contribution is -2.57. The molecule has 0 aliphatic heterocycles. The highest BCUT2D eigenvalue weighted by Crippen LogP contribution is 2.12. The van der Waals surface area contributed by atoms with Crippen LogP contribution in [-0.4, -0.2) is 59.0 Å². The maximum atomic E-state index is 13.7. The number of ketones is 2. The van der Waals surface area contributed by atoms with Crippen LogP contribution in [0.3, 0.4) is 0 Å². The Kier molecular flexibility index (Phi) is 17.0. The van der Waals surface area contributed by atoms with E-state index in [0.29, 0.717) is 11.1 Å². The Hall–Kier alpha value is -5.36. The van der Waals surface area contributed by atoms with Crippen LogP contribution in [0, 0.1) is 11.8 Å². The number of rotatable bonds is 18. The number of hydrogen-bond donors (Lipinski definition) is 3. The zero-order valence-electron chi connectivity index (χ0n) is 28.8. The molecule has 3 unspecified atom stereocenters. The summed E-state index contributed by atoms with van der Waals surface area (Å²) in [5, 5.41) is 7.93. The molecule has 268 valence electrons. The molecule has 0 aromatic heterocycles. The quantitative estimate of drug-likeness (QED) is 0.103.